The largest absolute Gasteiger partial charge is 0.496 e. The van der Waals surface area contributed by atoms with Crippen LogP contribution in [0.1, 0.15) is 40.3 Å². The lowest BCUT2D eigenvalue weighted by Gasteiger charge is -2.31. The van der Waals surface area contributed by atoms with Crippen molar-refractivity contribution in [2.75, 3.05) is 7.11 Å². The Morgan fingerprint density at radius 2 is 1.72 bits per heavy atom. The van der Waals surface area contributed by atoms with Crippen LogP contribution in [0.25, 0.3) is 33.9 Å². The lowest BCUT2D eigenvalue weighted by Crippen LogP contribution is -2.39. The SMILES string of the molecule is COc1ccccc1[C@@H]1C2=C(N=c3s/c(=C/c4c(-c5ccccc5)[nH]c5c(C)cccc45)c(=O)n31)c1ccccc1CC2. The molecule has 1 N–H and O–H groups in total. The number of aromatic nitrogens is 2. The molecule has 6 aromatic rings. The van der Waals surface area contributed by atoms with E-state index in [2.05, 4.69) is 78.6 Å². The third-order valence-electron chi connectivity index (χ3n) is 8.73. The standard InChI is InChI=1S/C37H29N3O2S/c1-22-11-10-17-26-29(33(38-32(22)26)24-13-4-3-5-14-24)21-31-36(41)40-35(27-16-8-9-18-30(27)42-2)28-20-19-23-12-6-7-15-25(23)34(28)39-37(40)43-31/h3-18,21,35,38H,19-20H2,1-2H3/b31-21+/t35-/m1/s1. The number of hydrogen-bond donors (Lipinski definition) is 1. The number of ether oxygens (including phenoxy) is 1. The lowest BCUT2D eigenvalue weighted by atomic mass is 9.83. The molecule has 0 spiro atoms. The number of benzene rings is 4. The summed E-state index contributed by atoms with van der Waals surface area (Å²) in [5, 5.41) is 1.10. The predicted molar refractivity (Wildman–Crippen MR) is 174 cm³/mol. The van der Waals surface area contributed by atoms with Gasteiger partial charge in [-0.25, -0.2) is 4.99 Å². The Labute approximate surface area is 252 Å². The Bertz CT molecular complexity index is 2270. The third kappa shape index (κ3) is 4.05. The smallest absolute Gasteiger partial charge is 0.271 e. The van der Waals surface area contributed by atoms with E-state index in [4.69, 9.17) is 9.73 Å². The van der Waals surface area contributed by atoms with Gasteiger partial charge < -0.3 is 9.72 Å². The first-order valence-corrected chi connectivity index (χ1v) is 15.4. The molecular formula is C37H29N3O2S. The van der Waals surface area contributed by atoms with E-state index < -0.39 is 0 Å². The minimum Gasteiger partial charge on any atom is -0.496 e. The third-order valence-corrected chi connectivity index (χ3v) is 9.71. The van der Waals surface area contributed by atoms with Crippen LogP contribution in [0.2, 0.25) is 0 Å². The molecule has 0 radical (unpaired) electrons. The number of methoxy groups -OCH3 is 1. The molecule has 8 rings (SSSR count). The minimum atomic E-state index is -0.295. The molecule has 2 aliphatic rings. The summed E-state index contributed by atoms with van der Waals surface area (Å²) in [5.74, 6) is 0.771. The number of rotatable bonds is 4. The molecule has 2 aromatic heterocycles. The van der Waals surface area contributed by atoms with Gasteiger partial charge in [-0.05, 0) is 54.2 Å². The zero-order chi connectivity index (χ0) is 29.1. The highest BCUT2D eigenvalue weighted by Gasteiger charge is 2.34. The molecule has 0 saturated carbocycles. The summed E-state index contributed by atoms with van der Waals surface area (Å²) < 4.78 is 8.39. The number of para-hydroxylation sites is 2. The van der Waals surface area contributed by atoms with E-state index in [1.54, 1.807) is 7.11 Å². The van der Waals surface area contributed by atoms with Crippen molar-refractivity contribution in [3.63, 3.8) is 0 Å². The summed E-state index contributed by atoms with van der Waals surface area (Å²) >= 11 is 1.46. The number of nitrogens with one attached hydrogen (secondary N) is 1. The van der Waals surface area contributed by atoms with Crippen LogP contribution in [-0.4, -0.2) is 16.7 Å². The van der Waals surface area contributed by atoms with Gasteiger partial charge in [0.05, 0.1) is 29.1 Å². The Balaban J connectivity index is 1.42. The molecule has 4 aromatic carbocycles. The highest BCUT2D eigenvalue weighted by atomic mass is 32.1. The fourth-order valence-corrected chi connectivity index (χ4v) is 7.67. The van der Waals surface area contributed by atoms with E-state index >= 15 is 0 Å². The Hall–Kier alpha value is -4.94. The Morgan fingerprint density at radius 3 is 2.58 bits per heavy atom. The molecule has 43 heavy (non-hydrogen) atoms. The number of aromatic amines is 1. The first-order valence-electron chi connectivity index (χ1n) is 14.5. The zero-order valence-corrected chi connectivity index (χ0v) is 24.7. The molecule has 0 unspecified atom stereocenters. The fraction of sp³-hybridized carbons (Fsp3) is 0.135. The second-order valence-electron chi connectivity index (χ2n) is 11.1. The highest BCUT2D eigenvalue weighted by Crippen LogP contribution is 2.43. The number of fused-ring (bicyclic) bond motifs is 4. The zero-order valence-electron chi connectivity index (χ0n) is 23.9. The van der Waals surface area contributed by atoms with Crippen molar-refractivity contribution in [1.29, 1.82) is 0 Å². The number of aryl methyl sites for hydroxylation is 2. The van der Waals surface area contributed by atoms with E-state index in [0.717, 1.165) is 68.7 Å². The second kappa shape index (κ2) is 10.1. The number of hydrogen-bond acceptors (Lipinski definition) is 4. The van der Waals surface area contributed by atoms with Crippen LogP contribution < -0.4 is 19.6 Å². The monoisotopic (exact) mass is 579 g/mol. The fourth-order valence-electron chi connectivity index (χ4n) is 6.69. The van der Waals surface area contributed by atoms with Gasteiger partial charge in [-0.3, -0.25) is 9.36 Å². The Morgan fingerprint density at radius 1 is 0.930 bits per heavy atom. The predicted octanol–water partition coefficient (Wildman–Crippen LogP) is 6.78. The summed E-state index contributed by atoms with van der Waals surface area (Å²) in [6.07, 6.45) is 3.80. The summed E-state index contributed by atoms with van der Waals surface area (Å²) in [4.78, 5) is 24.1. The molecule has 3 heterocycles. The van der Waals surface area contributed by atoms with Gasteiger partial charge >= 0.3 is 0 Å². The van der Waals surface area contributed by atoms with E-state index in [9.17, 15) is 4.79 Å². The number of thiazole rings is 1. The van der Waals surface area contributed by atoms with Gasteiger partial charge in [0.25, 0.3) is 5.56 Å². The van der Waals surface area contributed by atoms with Crippen LogP contribution in [0.15, 0.2) is 112 Å². The summed E-state index contributed by atoms with van der Waals surface area (Å²) in [6.45, 7) is 2.11. The Kier molecular flexibility index (Phi) is 6.05. The molecule has 0 fully saturated rings. The van der Waals surface area contributed by atoms with E-state index in [-0.39, 0.29) is 11.6 Å². The van der Waals surface area contributed by atoms with E-state index in [0.29, 0.717) is 9.33 Å². The van der Waals surface area contributed by atoms with Gasteiger partial charge in [-0.1, -0.05) is 102 Å². The van der Waals surface area contributed by atoms with Crippen LogP contribution in [0, 0.1) is 6.92 Å². The molecule has 0 bridgehead atoms. The first-order chi connectivity index (χ1) is 21.1. The molecule has 6 heteroatoms. The maximum Gasteiger partial charge on any atom is 0.271 e. The summed E-state index contributed by atoms with van der Waals surface area (Å²) in [5.41, 5.74) is 10.9. The van der Waals surface area contributed by atoms with Crippen LogP contribution in [0.3, 0.4) is 0 Å². The molecule has 0 saturated heterocycles. The molecular weight excluding hydrogens is 550 g/mol. The molecule has 210 valence electrons. The average Bonchev–Trinajstić information content (AvgIpc) is 3.58. The lowest BCUT2D eigenvalue weighted by molar-refractivity contribution is 0.402. The molecule has 1 aliphatic heterocycles. The van der Waals surface area contributed by atoms with Crippen molar-refractivity contribution in [2.24, 2.45) is 4.99 Å². The van der Waals surface area contributed by atoms with Gasteiger partial charge in [-0.15, -0.1) is 0 Å². The maximum atomic E-state index is 14.5. The van der Waals surface area contributed by atoms with Crippen molar-refractivity contribution < 1.29 is 4.74 Å². The molecule has 1 aliphatic carbocycles. The van der Waals surface area contributed by atoms with Crippen molar-refractivity contribution in [3.8, 4) is 17.0 Å². The number of allylic oxidation sites excluding steroid dienone is 1. The molecule has 0 amide bonds. The van der Waals surface area contributed by atoms with Crippen LogP contribution >= 0.6 is 11.3 Å². The van der Waals surface area contributed by atoms with Crippen LogP contribution in [-0.2, 0) is 6.42 Å². The minimum absolute atomic E-state index is 0.0360. The number of nitrogens with zero attached hydrogens (tertiary/aromatic N) is 2. The van der Waals surface area contributed by atoms with E-state index in [1.807, 2.05) is 41.0 Å². The maximum absolute atomic E-state index is 14.5. The van der Waals surface area contributed by atoms with Gasteiger partial charge in [0.1, 0.15) is 5.75 Å². The molecule has 5 nitrogen and oxygen atoms in total. The van der Waals surface area contributed by atoms with Crippen LogP contribution in [0.4, 0.5) is 0 Å². The normalized spacial score (nSPS) is 16.0. The second-order valence-corrected chi connectivity index (χ2v) is 12.1. The van der Waals surface area contributed by atoms with Crippen molar-refractivity contribution in [3.05, 3.63) is 150 Å². The first kappa shape index (κ1) is 25.7. The van der Waals surface area contributed by atoms with Gasteiger partial charge in [0.2, 0.25) is 0 Å². The highest BCUT2D eigenvalue weighted by molar-refractivity contribution is 7.07. The summed E-state index contributed by atoms with van der Waals surface area (Å²) in [7, 11) is 1.69. The van der Waals surface area contributed by atoms with Crippen molar-refractivity contribution in [1.82, 2.24) is 9.55 Å². The number of H-pyrrole nitrogens is 1. The molecule has 1 atom stereocenters. The van der Waals surface area contributed by atoms with Crippen molar-refractivity contribution in [2.45, 2.75) is 25.8 Å². The quantitative estimate of drug-likeness (QED) is 0.250. The van der Waals surface area contributed by atoms with Gasteiger partial charge in [0, 0.05) is 27.6 Å². The summed E-state index contributed by atoms with van der Waals surface area (Å²) in [6, 6.07) is 32.9. The van der Waals surface area contributed by atoms with Gasteiger partial charge in [-0.2, -0.15) is 0 Å². The topological polar surface area (TPSA) is 59.4 Å². The van der Waals surface area contributed by atoms with Crippen LogP contribution in [0.5, 0.6) is 5.75 Å². The average molecular weight is 580 g/mol. The van der Waals surface area contributed by atoms with E-state index in [1.165, 1.54) is 22.5 Å². The van der Waals surface area contributed by atoms with Gasteiger partial charge in [0.15, 0.2) is 4.80 Å². The van der Waals surface area contributed by atoms with Crippen molar-refractivity contribution >= 4 is 34.0 Å².